The lowest BCUT2D eigenvalue weighted by atomic mass is 10.1. The first kappa shape index (κ1) is 14.5. The largest absolute Gasteiger partial charge is 0.483 e. The van der Waals surface area contributed by atoms with Crippen LogP contribution in [0.3, 0.4) is 0 Å². The van der Waals surface area contributed by atoms with E-state index < -0.39 is 0 Å². The van der Waals surface area contributed by atoms with Crippen LogP contribution in [0.5, 0.6) is 5.75 Å². The van der Waals surface area contributed by atoms with Crippen LogP contribution in [0, 0.1) is 5.82 Å². The fraction of sp³-hybridized carbons (Fsp3) is 0.429. The molecule has 6 heteroatoms. The van der Waals surface area contributed by atoms with Crippen LogP contribution in [0.15, 0.2) is 22.7 Å². The summed E-state index contributed by atoms with van der Waals surface area (Å²) in [5.41, 5.74) is 6.24. The minimum Gasteiger partial charge on any atom is -0.483 e. The molecule has 2 rings (SSSR count). The molecule has 0 saturated carbocycles. The molecule has 0 fully saturated rings. The van der Waals surface area contributed by atoms with E-state index in [0.29, 0.717) is 30.4 Å². The number of nitrogens with two attached hydrogens (primary N) is 1. The van der Waals surface area contributed by atoms with Crippen LogP contribution in [0.4, 0.5) is 4.39 Å². The van der Waals surface area contributed by atoms with Gasteiger partial charge in [-0.15, -0.1) is 0 Å². The van der Waals surface area contributed by atoms with Crippen LogP contribution in [0.1, 0.15) is 37.0 Å². The average Bonchev–Trinajstić information content (AvgIpc) is 2.87. The zero-order valence-corrected chi connectivity index (χ0v) is 11.6. The second-order valence-electron chi connectivity index (χ2n) is 4.78. The summed E-state index contributed by atoms with van der Waals surface area (Å²) in [6.45, 7) is 4.55. The van der Waals surface area contributed by atoms with Crippen LogP contribution in [-0.4, -0.2) is 16.7 Å². The molecule has 2 aromatic rings. The van der Waals surface area contributed by atoms with Crippen molar-refractivity contribution in [2.24, 2.45) is 5.73 Å². The Morgan fingerprint density at radius 2 is 2.20 bits per heavy atom. The molecular formula is C14H18FN3O2. The summed E-state index contributed by atoms with van der Waals surface area (Å²) in [4.78, 5) is 4.22. The monoisotopic (exact) mass is 279 g/mol. The Morgan fingerprint density at radius 3 is 2.85 bits per heavy atom. The van der Waals surface area contributed by atoms with E-state index >= 15 is 0 Å². The van der Waals surface area contributed by atoms with E-state index in [9.17, 15) is 4.39 Å². The molecule has 0 saturated heterocycles. The molecule has 0 aliphatic carbocycles. The zero-order valence-electron chi connectivity index (χ0n) is 11.6. The maximum Gasteiger partial charge on any atom is 0.264 e. The Labute approximate surface area is 116 Å². The van der Waals surface area contributed by atoms with E-state index in [1.807, 2.05) is 13.8 Å². The SMILES string of the molecule is CC(C)c1noc(COc2ccc(F)cc2CCN)n1. The molecule has 0 bridgehead atoms. The Morgan fingerprint density at radius 1 is 1.40 bits per heavy atom. The third kappa shape index (κ3) is 3.54. The molecule has 0 aliphatic heterocycles. The van der Waals surface area contributed by atoms with E-state index in [4.69, 9.17) is 15.0 Å². The highest BCUT2D eigenvalue weighted by Crippen LogP contribution is 2.21. The maximum absolute atomic E-state index is 13.2. The summed E-state index contributed by atoms with van der Waals surface area (Å²) >= 11 is 0. The van der Waals surface area contributed by atoms with Crippen LogP contribution in [-0.2, 0) is 13.0 Å². The molecule has 20 heavy (non-hydrogen) atoms. The van der Waals surface area contributed by atoms with E-state index in [1.54, 1.807) is 6.07 Å². The van der Waals surface area contributed by atoms with Gasteiger partial charge in [0.25, 0.3) is 5.89 Å². The molecule has 1 aromatic heterocycles. The number of hydrogen-bond acceptors (Lipinski definition) is 5. The molecule has 1 heterocycles. The molecule has 0 aliphatic rings. The Kier molecular flexibility index (Phi) is 4.68. The standard InChI is InChI=1S/C14H18FN3O2/c1-9(2)14-17-13(20-18-14)8-19-12-4-3-11(15)7-10(12)5-6-16/h3-4,7,9H,5-6,8,16H2,1-2H3. The van der Waals surface area contributed by atoms with E-state index in [-0.39, 0.29) is 18.3 Å². The summed E-state index contributed by atoms with van der Waals surface area (Å²) < 4.78 is 23.9. The van der Waals surface area contributed by atoms with E-state index in [0.717, 1.165) is 5.56 Å². The van der Waals surface area contributed by atoms with Crippen LogP contribution in [0.25, 0.3) is 0 Å². The lowest BCUT2D eigenvalue weighted by molar-refractivity contribution is 0.240. The molecule has 0 atom stereocenters. The lowest BCUT2D eigenvalue weighted by Gasteiger charge is -2.09. The molecule has 0 spiro atoms. The van der Waals surface area contributed by atoms with Gasteiger partial charge in [-0.3, -0.25) is 0 Å². The summed E-state index contributed by atoms with van der Waals surface area (Å²) in [6, 6.07) is 4.36. The number of rotatable bonds is 6. The quantitative estimate of drug-likeness (QED) is 0.879. The Bertz CT molecular complexity index is 569. The summed E-state index contributed by atoms with van der Waals surface area (Å²) in [6.07, 6.45) is 0.550. The first-order chi connectivity index (χ1) is 9.60. The van der Waals surface area contributed by atoms with Gasteiger partial charge in [0.2, 0.25) is 0 Å². The minimum atomic E-state index is -0.305. The molecule has 108 valence electrons. The fourth-order valence-corrected chi connectivity index (χ4v) is 1.74. The molecule has 0 radical (unpaired) electrons. The lowest BCUT2D eigenvalue weighted by Crippen LogP contribution is -2.06. The van der Waals surface area contributed by atoms with Gasteiger partial charge in [-0.05, 0) is 36.7 Å². The van der Waals surface area contributed by atoms with E-state index in [1.165, 1.54) is 12.1 Å². The number of ether oxygens (including phenoxy) is 1. The van der Waals surface area contributed by atoms with Crippen LogP contribution in [0.2, 0.25) is 0 Å². The Balaban J connectivity index is 2.06. The van der Waals surface area contributed by atoms with Crippen LogP contribution < -0.4 is 10.5 Å². The predicted octanol–water partition coefficient (Wildman–Crippen LogP) is 2.41. The average molecular weight is 279 g/mol. The maximum atomic E-state index is 13.2. The molecule has 0 unspecified atom stereocenters. The van der Waals surface area contributed by atoms with Gasteiger partial charge in [-0.1, -0.05) is 19.0 Å². The van der Waals surface area contributed by atoms with Gasteiger partial charge in [0.1, 0.15) is 11.6 Å². The van der Waals surface area contributed by atoms with Crippen LogP contribution >= 0.6 is 0 Å². The first-order valence-electron chi connectivity index (χ1n) is 6.54. The van der Waals surface area contributed by atoms with Gasteiger partial charge in [-0.2, -0.15) is 4.98 Å². The summed E-state index contributed by atoms with van der Waals surface area (Å²) in [5.74, 6) is 1.52. The highest BCUT2D eigenvalue weighted by Gasteiger charge is 2.11. The predicted molar refractivity (Wildman–Crippen MR) is 71.9 cm³/mol. The second-order valence-corrected chi connectivity index (χ2v) is 4.78. The highest BCUT2D eigenvalue weighted by molar-refractivity contribution is 5.34. The van der Waals surface area contributed by atoms with Crippen molar-refractivity contribution in [3.8, 4) is 5.75 Å². The van der Waals surface area contributed by atoms with Crippen molar-refractivity contribution < 1.29 is 13.7 Å². The molecule has 0 amide bonds. The number of benzene rings is 1. The number of aromatic nitrogens is 2. The van der Waals surface area contributed by atoms with Gasteiger partial charge in [0.15, 0.2) is 12.4 Å². The first-order valence-corrected chi connectivity index (χ1v) is 6.54. The minimum absolute atomic E-state index is 0.156. The molecule has 2 N–H and O–H groups in total. The number of nitrogens with zero attached hydrogens (tertiary/aromatic N) is 2. The smallest absolute Gasteiger partial charge is 0.264 e. The van der Waals surface area contributed by atoms with Gasteiger partial charge < -0.3 is 15.0 Å². The molecule has 1 aromatic carbocycles. The molecule has 5 nitrogen and oxygen atoms in total. The fourth-order valence-electron chi connectivity index (χ4n) is 1.74. The third-order valence-corrected chi connectivity index (χ3v) is 2.79. The summed E-state index contributed by atoms with van der Waals surface area (Å²) in [7, 11) is 0. The number of hydrogen-bond donors (Lipinski definition) is 1. The van der Waals surface area contributed by atoms with Gasteiger partial charge in [0.05, 0.1) is 0 Å². The Hall–Kier alpha value is -1.95. The third-order valence-electron chi connectivity index (χ3n) is 2.79. The van der Waals surface area contributed by atoms with Gasteiger partial charge >= 0.3 is 0 Å². The normalized spacial score (nSPS) is 11.1. The van der Waals surface area contributed by atoms with E-state index in [2.05, 4.69) is 10.1 Å². The zero-order chi connectivity index (χ0) is 14.5. The van der Waals surface area contributed by atoms with Crippen molar-refractivity contribution in [3.63, 3.8) is 0 Å². The van der Waals surface area contributed by atoms with Crippen molar-refractivity contribution >= 4 is 0 Å². The highest BCUT2D eigenvalue weighted by atomic mass is 19.1. The van der Waals surface area contributed by atoms with Crippen molar-refractivity contribution in [3.05, 3.63) is 41.3 Å². The van der Waals surface area contributed by atoms with Crippen molar-refractivity contribution in [2.75, 3.05) is 6.54 Å². The topological polar surface area (TPSA) is 74.2 Å². The van der Waals surface area contributed by atoms with Gasteiger partial charge in [0, 0.05) is 5.92 Å². The van der Waals surface area contributed by atoms with Crippen molar-refractivity contribution in [1.82, 2.24) is 10.1 Å². The number of halogens is 1. The van der Waals surface area contributed by atoms with Crippen molar-refractivity contribution in [1.29, 1.82) is 0 Å². The van der Waals surface area contributed by atoms with Crippen molar-refractivity contribution in [2.45, 2.75) is 32.8 Å². The second kappa shape index (κ2) is 6.47. The van der Waals surface area contributed by atoms with Gasteiger partial charge in [-0.25, -0.2) is 4.39 Å². The summed E-state index contributed by atoms with van der Waals surface area (Å²) in [5, 5.41) is 3.85. The molecular weight excluding hydrogens is 261 g/mol.